The SMILES string of the molecule is Cc1nn(C)c(C)c1CCNC(=O)CCc1ccc(F)c(F)c1. The van der Waals surface area contributed by atoms with E-state index in [2.05, 4.69) is 10.4 Å². The Bertz CT molecular complexity index is 710. The van der Waals surface area contributed by atoms with Crippen LogP contribution in [0.1, 0.15) is 28.9 Å². The topological polar surface area (TPSA) is 46.9 Å². The second-order valence-electron chi connectivity index (χ2n) is 5.62. The molecular weight excluding hydrogens is 300 g/mol. The number of nitrogens with one attached hydrogen (secondary N) is 1. The van der Waals surface area contributed by atoms with Crippen LogP contribution in [0.15, 0.2) is 18.2 Å². The number of aryl methyl sites for hydroxylation is 3. The third-order valence-electron chi connectivity index (χ3n) is 3.98. The molecule has 0 spiro atoms. The molecule has 0 saturated heterocycles. The standard InChI is InChI=1S/C17H21F2N3O/c1-11-14(12(2)22(3)21-11)8-9-20-17(23)7-5-13-4-6-15(18)16(19)10-13/h4,6,10H,5,7-9H2,1-3H3,(H,20,23). The van der Waals surface area contributed by atoms with Crippen LogP contribution in [-0.2, 0) is 24.7 Å². The minimum atomic E-state index is -0.884. The first-order valence-electron chi connectivity index (χ1n) is 7.58. The largest absolute Gasteiger partial charge is 0.356 e. The van der Waals surface area contributed by atoms with Gasteiger partial charge in [-0.2, -0.15) is 5.10 Å². The van der Waals surface area contributed by atoms with E-state index in [0.717, 1.165) is 35.5 Å². The predicted octanol–water partition coefficient (Wildman–Crippen LogP) is 2.61. The number of hydrogen-bond donors (Lipinski definition) is 1. The molecule has 4 nitrogen and oxygen atoms in total. The van der Waals surface area contributed by atoms with Crippen molar-refractivity contribution in [3.8, 4) is 0 Å². The van der Waals surface area contributed by atoms with E-state index >= 15 is 0 Å². The summed E-state index contributed by atoms with van der Waals surface area (Å²) >= 11 is 0. The summed E-state index contributed by atoms with van der Waals surface area (Å²) in [7, 11) is 1.90. The maximum Gasteiger partial charge on any atom is 0.220 e. The Morgan fingerprint density at radius 1 is 1.22 bits per heavy atom. The number of rotatable bonds is 6. The van der Waals surface area contributed by atoms with E-state index < -0.39 is 11.6 Å². The lowest BCUT2D eigenvalue weighted by molar-refractivity contribution is -0.121. The Labute approximate surface area is 134 Å². The average Bonchev–Trinajstić information content (AvgIpc) is 2.74. The molecule has 0 unspecified atom stereocenters. The van der Waals surface area contributed by atoms with Crippen molar-refractivity contribution in [3.63, 3.8) is 0 Å². The zero-order valence-electron chi connectivity index (χ0n) is 13.6. The molecule has 124 valence electrons. The number of carbonyl (C=O) groups is 1. The third-order valence-corrected chi connectivity index (χ3v) is 3.98. The Hall–Kier alpha value is -2.24. The normalized spacial score (nSPS) is 10.8. The van der Waals surface area contributed by atoms with Gasteiger partial charge in [0.05, 0.1) is 5.69 Å². The highest BCUT2D eigenvalue weighted by molar-refractivity contribution is 5.76. The van der Waals surface area contributed by atoms with Gasteiger partial charge in [-0.3, -0.25) is 9.48 Å². The smallest absolute Gasteiger partial charge is 0.220 e. The van der Waals surface area contributed by atoms with Crippen LogP contribution in [0.3, 0.4) is 0 Å². The van der Waals surface area contributed by atoms with Crippen molar-refractivity contribution < 1.29 is 13.6 Å². The minimum absolute atomic E-state index is 0.103. The molecule has 0 fully saturated rings. The van der Waals surface area contributed by atoms with Gasteiger partial charge in [-0.15, -0.1) is 0 Å². The average molecular weight is 321 g/mol. The number of hydrogen-bond acceptors (Lipinski definition) is 2. The molecule has 1 heterocycles. The van der Waals surface area contributed by atoms with Crippen molar-refractivity contribution in [2.75, 3.05) is 6.54 Å². The molecule has 23 heavy (non-hydrogen) atoms. The van der Waals surface area contributed by atoms with E-state index in [4.69, 9.17) is 0 Å². The summed E-state index contributed by atoms with van der Waals surface area (Å²) in [5.41, 5.74) is 3.82. The van der Waals surface area contributed by atoms with E-state index in [1.165, 1.54) is 6.07 Å². The molecule has 0 bridgehead atoms. The zero-order valence-corrected chi connectivity index (χ0v) is 13.6. The van der Waals surface area contributed by atoms with Crippen molar-refractivity contribution in [3.05, 3.63) is 52.3 Å². The van der Waals surface area contributed by atoms with Crippen LogP contribution in [-0.4, -0.2) is 22.2 Å². The van der Waals surface area contributed by atoms with E-state index in [-0.39, 0.29) is 12.3 Å². The molecule has 1 N–H and O–H groups in total. The van der Waals surface area contributed by atoms with Crippen molar-refractivity contribution in [2.45, 2.75) is 33.1 Å². The van der Waals surface area contributed by atoms with Gasteiger partial charge in [0.25, 0.3) is 0 Å². The highest BCUT2D eigenvalue weighted by Crippen LogP contribution is 2.12. The van der Waals surface area contributed by atoms with Crippen LogP contribution in [0.25, 0.3) is 0 Å². The Morgan fingerprint density at radius 3 is 2.57 bits per heavy atom. The van der Waals surface area contributed by atoms with Crippen molar-refractivity contribution >= 4 is 5.91 Å². The number of aromatic nitrogens is 2. The van der Waals surface area contributed by atoms with Crippen molar-refractivity contribution in [1.29, 1.82) is 0 Å². The van der Waals surface area contributed by atoms with Gasteiger partial charge >= 0.3 is 0 Å². The Morgan fingerprint density at radius 2 is 1.96 bits per heavy atom. The maximum absolute atomic E-state index is 13.1. The maximum atomic E-state index is 13.1. The molecule has 0 aliphatic rings. The highest BCUT2D eigenvalue weighted by atomic mass is 19.2. The fourth-order valence-electron chi connectivity index (χ4n) is 2.55. The molecule has 0 radical (unpaired) electrons. The number of carbonyl (C=O) groups excluding carboxylic acids is 1. The summed E-state index contributed by atoms with van der Waals surface area (Å²) in [4.78, 5) is 11.8. The molecule has 2 rings (SSSR count). The highest BCUT2D eigenvalue weighted by Gasteiger charge is 2.10. The lowest BCUT2D eigenvalue weighted by atomic mass is 10.1. The van der Waals surface area contributed by atoms with Crippen LogP contribution < -0.4 is 5.32 Å². The van der Waals surface area contributed by atoms with Crippen LogP contribution >= 0.6 is 0 Å². The van der Waals surface area contributed by atoms with Crippen LogP contribution in [0.5, 0.6) is 0 Å². The minimum Gasteiger partial charge on any atom is -0.356 e. The summed E-state index contributed by atoms with van der Waals surface area (Å²) in [5, 5.41) is 7.18. The molecular formula is C17H21F2N3O. The number of amides is 1. The first kappa shape index (κ1) is 17.1. The molecule has 1 amide bonds. The molecule has 0 atom stereocenters. The third kappa shape index (κ3) is 4.37. The zero-order chi connectivity index (χ0) is 17.0. The summed E-state index contributed by atoms with van der Waals surface area (Å²) < 4.78 is 27.7. The molecule has 2 aromatic rings. The van der Waals surface area contributed by atoms with E-state index in [1.54, 1.807) is 0 Å². The molecule has 1 aromatic heterocycles. The first-order valence-corrected chi connectivity index (χ1v) is 7.58. The summed E-state index contributed by atoms with van der Waals surface area (Å²) in [6.07, 6.45) is 1.35. The predicted molar refractivity (Wildman–Crippen MR) is 84.1 cm³/mol. The van der Waals surface area contributed by atoms with Crippen molar-refractivity contribution in [1.82, 2.24) is 15.1 Å². The molecule has 0 saturated carbocycles. The van der Waals surface area contributed by atoms with Gasteiger partial charge in [0.15, 0.2) is 11.6 Å². The second kappa shape index (κ2) is 7.35. The first-order chi connectivity index (χ1) is 10.9. The lowest BCUT2D eigenvalue weighted by Crippen LogP contribution is -2.26. The van der Waals surface area contributed by atoms with Gasteiger partial charge in [0.2, 0.25) is 5.91 Å². The van der Waals surface area contributed by atoms with E-state index in [1.807, 2.05) is 25.6 Å². The Kier molecular flexibility index (Phi) is 5.47. The number of benzene rings is 1. The van der Waals surface area contributed by atoms with Crippen LogP contribution in [0, 0.1) is 25.5 Å². The monoisotopic (exact) mass is 321 g/mol. The van der Waals surface area contributed by atoms with Gasteiger partial charge in [0.1, 0.15) is 0 Å². The number of nitrogens with zero attached hydrogens (tertiary/aromatic N) is 2. The fourth-order valence-corrected chi connectivity index (χ4v) is 2.55. The summed E-state index contributed by atoms with van der Waals surface area (Å²) in [5.74, 6) is -1.86. The van der Waals surface area contributed by atoms with Crippen LogP contribution in [0.2, 0.25) is 0 Å². The van der Waals surface area contributed by atoms with Crippen LogP contribution in [0.4, 0.5) is 8.78 Å². The lowest BCUT2D eigenvalue weighted by Gasteiger charge is -2.06. The number of halogens is 2. The molecule has 0 aliphatic heterocycles. The molecule has 0 aliphatic carbocycles. The Balaban J connectivity index is 1.78. The van der Waals surface area contributed by atoms with Gasteiger partial charge in [-0.1, -0.05) is 6.07 Å². The molecule has 1 aromatic carbocycles. The summed E-state index contributed by atoms with van der Waals surface area (Å²) in [6.45, 7) is 4.48. The van der Waals surface area contributed by atoms with Gasteiger partial charge in [0, 0.05) is 25.7 Å². The van der Waals surface area contributed by atoms with Gasteiger partial charge in [-0.05, 0) is 49.9 Å². The van der Waals surface area contributed by atoms with Crippen molar-refractivity contribution in [2.24, 2.45) is 7.05 Å². The van der Waals surface area contributed by atoms with Gasteiger partial charge < -0.3 is 5.32 Å². The quantitative estimate of drug-likeness (QED) is 0.889. The molecule has 6 heteroatoms. The fraction of sp³-hybridized carbons (Fsp3) is 0.412. The van der Waals surface area contributed by atoms with Gasteiger partial charge in [-0.25, -0.2) is 8.78 Å². The van der Waals surface area contributed by atoms with E-state index in [0.29, 0.717) is 18.5 Å². The second-order valence-corrected chi connectivity index (χ2v) is 5.62. The van der Waals surface area contributed by atoms with E-state index in [9.17, 15) is 13.6 Å². The summed E-state index contributed by atoms with van der Waals surface area (Å²) in [6, 6.07) is 3.70.